The van der Waals surface area contributed by atoms with Crippen LogP contribution in [0, 0.1) is 11.8 Å². The summed E-state index contributed by atoms with van der Waals surface area (Å²) < 4.78 is 4.81. The molecular weight excluding hydrogens is 276 g/mol. The highest BCUT2D eigenvalue weighted by molar-refractivity contribution is 6.40. The topological polar surface area (TPSA) is 43.4 Å². The number of ketones is 1. The fraction of sp³-hybridized carbons (Fsp3) is 0.579. The van der Waals surface area contributed by atoms with Crippen molar-refractivity contribution < 1.29 is 14.3 Å². The highest BCUT2D eigenvalue weighted by atomic mass is 16.5. The Hall–Kier alpha value is -1.64. The number of carbonyl (C=O) groups is 2. The molecule has 3 nitrogen and oxygen atoms in total. The summed E-state index contributed by atoms with van der Waals surface area (Å²) in [5.41, 5.74) is 3.09. The van der Waals surface area contributed by atoms with Gasteiger partial charge in [-0.3, -0.25) is 4.79 Å². The molecule has 0 spiro atoms. The predicted octanol–water partition coefficient (Wildman–Crippen LogP) is 3.73. The van der Waals surface area contributed by atoms with Crippen LogP contribution < -0.4 is 0 Å². The minimum Gasteiger partial charge on any atom is -0.460 e. The summed E-state index contributed by atoms with van der Waals surface area (Å²) >= 11 is 0. The molecule has 1 atom stereocenters. The molecule has 0 saturated heterocycles. The summed E-state index contributed by atoms with van der Waals surface area (Å²) in [6, 6.07) is 5.73. The summed E-state index contributed by atoms with van der Waals surface area (Å²) in [6.07, 6.45) is 9.01. The first kappa shape index (κ1) is 15.3. The van der Waals surface area contributed by atoms with Gasteiger partial charge in [-0.1, -0.05) is 44.2 Å². The van der Waals surface area contributed by atoms with Crippen LogP contribution in [0.15, 0.2) is 18.2 Å². The molecule has 0 radical (unpaired) electrons. The van der Waals surface area contributed by atoms with Crippen molar-refractivity contribution in [2.75, 3.05) is 6.61 Å². The van der Waals surface area contributed by atoms with Crippen LogP contribution in [-0.4, -0.2) is 18.4 Å². The Balaban J connectivity index is 1.71. The molecule has 3 rings (SSSR count). The molecule has 0 aliphatic heterocycles. The lowest BCUT2D eigenvalue weighted by atomic mass is 9.79. The summed E-state index contributed by atoms with van der Waals surface area (Å²) in [5, 5.41) is 0. The molecule has 0 aromatic heterocycles. The van der Waals surface area contributed by atoms with E-state index in [4.69, 9.17) is 4.74 Å². The number of fused-ring (bicyclic) bond motifs is 1. The van der Waals surface area contributed by atoms with Gasteiger partial charge in [0.15, 0.2) is 0 Å². The molecule has 1 aromatic carbocycles. The molecule has 22 heavy (non-hydrogen) atoms. The second-order valence-electron chi connectivity index (χ2n) is 6.60. The fourth-order valence-corrected chi connectivity index (χ4v) is 4.05. The third-order valence-corrected chi connectivity index (χ3v) is 5.21. The lowest BCUT2D eigenvalue weighted by molar-refractivity contribution is -0.137. The minimum atomic E-state index is -0.746. The van der Waals surface area contributed by atoms with Crippen molar-refractivity contribution in [1.82, 2.24) is 0 Å². The van der Waals surface area contributed by atoms with Crippen molar-refractivity contribution in [3.05, 3.63) is 34.9 Å². The van der Waals surface area contributed by atoms with E-state index in [1.165, 1.54) is 43.2 Å². The van der Waals surface area contributed by atoms with Crippen molar-refractivity contribution in [3.8, 4) is 0 Å². The van der Waals surface area contributed by atoms with Crippen molar-refractivity contribution in [2.24, 2.45) is 11.8 Å². The zero-order valence-corrected chi connectivity index (χ0v) is 13.3. The number of ether oxygens (including phenoxy) is 1. The van der Waals surface area contributed by atoms with E-state index >= 15 is 0 Å². The van der Waals surface area contributed by atoms with Gasteiger partial charge in [-0.25, -0.2) is 4.79 Å². The second kappa shape index (κ2) is 6.64. The number of carbonyl (C=O) groups excluding carboxylic acids is 2. The SMILES string of the molecule is CCOC(=O)C(=O)c1ccc2c(c1)C[C@@H](C1CCCCC1)C2. The summed E-state index contributed by atoms with van der Waals surface area (Å²) in [4.78, 5) is 23.6. The summed E-state index contributed by atoms with van der Waals surface area (Å²) in [6.45, 7) is 1.95. The first-order valence-electron chi connectivity index (χ1n) is 8.52. The van der Waals surface area contributed by atoms with Crippen LogP contribution in [0.4, 0.5) is 0 Å². The molecule has 2 aliphatic carbocycles. The summed E-state index contributed by atoms with van der Waals surface area (Å²) in [7, 11) is 0. The van der Waals surface area contributed by atoms with E-state index in [0.717, 1.165) is 24.7 Å². The fourth-order valence-electron chi connectivity index (χ4n) is 4.05. The standard InChI is InChI=1S/C19H24O3/c1-2-22-19(21)18(20)15-9-8-14-10-16(12-17(14)11-15)13-6-4-3-5-7-13/h8-9,11,13,16H,2-7,10,12H2,1H3/t16-/m0/s1. The van der Waals surface area contributed by atoms with Crippen LogP contribution in [0.3, 0.4) is 0 Å². The molecular formula is C19H24O3. The molecule has 1 saturated carbocycles. The molecule has 0 unspecified atom stereocenters. The van der Waals surface area contributed by atoms with E-state index in [2.05, 4.69) is 0 Å². The second-order valence-corrected chi connectivity index (χ2v) is 6.60. The normalized spacial score (nSPS) is 21.4. The van der Waals surface area contributed by atoms with Gasteiger partial charge in [0.25, 0.3) is 5.78 Å². The highest BCUT2D eigenvalue weighted by Gasteiger charge is 2.30. The Kier molecular flexibility index (Phi) is 4.60. The monoisotopic (exact) mass is 300 g/mol. The van der Waals surface area contributed by atoms with Crippen LogP contribution in [0.1, 0.15) is 60.5 Å². The van der Waals surface area contributed by atoms with E-state index in [0.29, 0.717) is 5.56 Å². The minimum absolute atomic E-state index is 0.235. The third kappa shape index (κ3) is 3.08. The molecule has 0 bridgehead atoms. The molecule has 118 valence electrons. The highest BCUT2D eigenvalue weighted by Crippen LogP contribution is 2.38. The molecule has 3 heteroatoms. The molecule has 0 N–H and O–H groups in total. The number of benzene rings is 1. The van der Waals surface area contributed by atoms with E-state index in [1.54, 1.807) is 13.0 Å². The maximum absolute atomic E-state index is 12.0. The zero-order valence-electron chi connectivity index (χ0n) is 13.3. The van der Waals surface area contributed by atoms with Gasteiger partial charge < -0.3 is 4.74 Å². The maximum Gasteiger partial charge on any atom is 0.379 e. The van der Waals surface area contributed by atoms with Crippen LogP contribution in [0.25, 0.3) is 0 Å². The van der Waals surface area contributed by atoms with Gasteiger partial charge in [-0.2, -0.15) is 0 Å². The van der Waals surface area contributed by atoms with E-state index < -0.39 is 11.8 Å². The van der Waals surface area contributed by atoms with Crippen molar-refractivity contribution in [2.45, 2.75) is 51.9 Å². The van der Waals surface area contributed by atoms with E-state index in [-0.39, 0.29) is 6.61 Å². The van der Waals surface area contributed by atoms with Crippen molar-refractivity contribution in [3.63, 3.8) is 0 Å². The lowest BCUT2D eigenvalue weighted by Crippen LogP contribution is -2.18. The zero-order chi connectivity index (χ0) is 15.5. The lowest BCUT2D eigenvalue weighted by Gasteiger charge is -2.27. The number of rotatable bonds is 4. The number of hydrogen-bond donors (Lipinski definition) is 0. The Labute approximate surface area is 132 Å². The Bertz CT molecular complexity index is 570. The molecule has 1 aromatic rings. The largest absolute Gasteiger partial charge is 0.460 e. The molecule has 0 heterocycles. The van der Waals surface area contributed by atoms with Gasteiger partial charge in [0.1, 0.15) is 0 Å². The average molecular weight is 300 g/mol. The van der Waals surface area contributed by atoms with Crippen LogP contribution in [-0.2, 0) is 22.4 Å². The number of esters is 1. The number of Topliss-reactive ketones (excluding diaryl/α,β-unsaturated/α-hetero) is 1. The van der Waals surface area contributed by atoms with Crippen molar-refractivity contribution in [1.29, 1.82) is 0 Å². The predicted molar refractivity (Wildman–Crippen MR) is 84.9 cm³/mol. The van der Waals surface area contributed by atoms with Gasteiger partial charge in [-0.15, -0.1) is 0 Å². The van der Waals surface area contributed by atoms with Gasteiger partial charge in [0.05, 0.1) is 6.61 Å². The van der Waals surface area contributed by atoms with Gasteiger partial charge in [0.2, 0.25) is 0 Å². The van der Waals surface area contributed by atoms with Crippen LogP contribution in [0.2, 0.25) is 0 Å². The van der Waals surface area contributed by atoms with Gasteiger partial charge in [-0.05, 0) is 48.8 Å². The quantitative estimate of drug-likeness (QED) is 0.483. The summed E-state index contributed by atoms with van der Waals surface area (Å²) in [5.74, 6) is 0.295. The van der Waals surface area contributed by atoms with Gasteiger partial charge in [0, 0.05) is 5.56 Å². The van der Waals surface area contributed by atoms with E-state index in [1.807, 2.05) is 12.1 Å². The molecule has 2 aliphatic rings. The van der Waals surface area contributed by atoms with Gasteiger partial charge >= 0.3 is 5.97 Å². The Morgan fingerprint density at radius 1 is 1.05 bits per heavy atom. The Morgan fingerprint density at radius 3 is 2.50 bits per heavy atom. The smallest absolute Gasteiger partial charge is 0.379 e. The maximum atomic E-state index is 12.0. The van der Waals surface area contributed by atoms with Crippen LogP contribution >= 0.6 is 0 Å². The first-order chi connectivity index (χ1) is 10.7. The Morgan fingerprint density at radius 2 is 1.77 bits per heavy atom. The number of hydrogen-bond acceptors (Lipinski definition) is 3. The first-order valence-corrected chi connectivity index (χ1v) is 8.52. The van der Waals surface area contributed by atoms with Crippen molar-refractivity contribution >= 4 is 11.8 Å². The van der Waals surface area contributed by atoms with Crippen LogP contribution in [0.5, 0.6) is 0 Å². The van der Waals surface area contributed by atoms with E-state index in [9.17, 15) is 9.59 Å². The molecule has 0 amide bonds. The third-order valence-electron chi connectivity index (χ3n) is 5.21. The average Bonchev–Trinajstić information content (AvgIpc) is 2.98. The molecule has 1 fully saturated rings.